The molecule has 10 rings (SSSR count). The molecule has 0 saturated carbocycles. The van der Waals surface area contributed by atoms with Crippen LogP contribution in [0.5, 0.6) is 11.5 Å². The largest absolute Gasteiger partial charge is 0.509 e. The molecule has 5 nitrogen and oxygen atoms in total. The first kappa shape index (κ1) is 45.8. The Morgan fingerprint density at radius 2 is 1.24 bits per heavy atom. The van der Waals surface area contributed by atoms with Crippen molar-refractivity contribution in [2.75, 3.05) is 0 Å². The summed E-state index contributed by atoms with van der Waals surface area (Å²) in [5, 5.41) is 2.26. The summed E-state index contributed by atoms with van der Waals surface area (Å²) in [5.41, 5.74) is 15.8. The smallest absolute Gasteiger partial charge is 0.225 e. The van der Waals surface area contributed by atoms with Crippen LogP contribution in [0.4, 0.5) is 22.7 Å². The standard InChI is InChI=1S/C60H63N4O.Pt/c1-38(2)48-21-17-22-49(39(3)4)57(48)40-18-16-19-44(30-40)63-37-64(63,55-33-41(58(5,6)7)24-27-54(55)63)45-31-43(60(11,12)13)32-47(35-45)65-46-25-26-51-50-20-14-15-23-52(50)62(53(51)36-46)56-34-42(28-29-61-56)59(8,9)10;/h14-34,37-39H,1-13H3;/q-1;/t63-,64?;/m0./s1. The maximum atomic E-state index is 6.99. The molecule has 66 heavy (non-hydrogen) atoms. The zero-order valence-corrected chi connectivity index (χ0v) is 43.1. The number of pyridine rings is 1. The first-order chi connectivity index (χ1) is 30.7. The van der Waals surface area contributed by atoms with Gasteiger partial charge >= 0.3 is 0 Å². The van der Waals surface area contributed by atoms with Crippen LogP contribution in [-0.4, -0.2) is 9.55 Å². The molecule has 2 atom stereocenters. The van der Waals surface area contributed by atoms with Crippen LogP contribution in [0.3, 0.4) is 0 Å². The number of hydrogen-bond donors (Lipinski definition) is 0. The molecule has 0 radical (unpaired) electrons. The molecule has 6 aromatic carbocycles. The molecule has 2 aromatic heterocycles. The number of hydrogen-bond acceptors (Lipinski definition) is 2. The number of aromatic nitrogens is 2. The van der Waals surface area contributed by atoms with Crippen LogP contribution in [0.2, 0.25) is 0 Å². The van der Waals surface area contributed by atoms with Gasteiger partial charge in [0.25, 0.3) is 0 Å². The number of ether oxygens (including phenoxy) is 1. The van der Waals surface area contributed by atoms with Crippen molar-refractivity contribution in [3.63, 3.8) is 0 Å². The monoisotopic (exact) mass is 1050 g/mol. The van der Waals surface area contributed by atoms with Crippen molar-refractivity contribution in [3.8, 4) is 28.4 Å². The van der Waals surface area contributed by atoms with Gasteiger partial charge in [-0.2, -0.15) is 10.7 Å². The molecule has 2 aliphatic rings. The first-order valence-electron chi connectivity index (χ1n) is 23.5. The van der Waals surface area contributed by atoms with Gasteiger partial charge in [0, 0.05) is 68.5 Å². The van der Waals surface area contributed by atoms with Crippen molar-refractivity contribution in [3.05, 3.63) is 174 Å². The molecule has 2 aliphatic heterocycles. The average Bonchev–Trinajstić information content (AvgIpc) is 3.75. The van der Waals surface area contributed by atoms with Gasteiger partial charge in [-0.05, 0) is 85.0 Å². The molecule has 4 heterocycles. The molecule has 0 N–H and O–H groups in total. The number of rotatable bonds is 8. The van der Waals surface area contributed by atoms with Crippen LogP contribution in [-0.2, 0) is 37.3 Å². The quantitative estimate of drug-likeness (QED) is 0.0861. The second-order valence-electron chi connectivity index (χ2n) is 22.2. The van der Waals surface area contributed by atoms with E-state index in [2.05, 4.69) is 229 Å². The summed E-state index contributed by atoms with van der Waals surface area (Å²) in [7, 11) is 0. The molecular weight excluding hydrogens is 988 g/mol. The SMILES string of the molecule is CC(C)c1cccc(C(C)C)c1-c1cccc([N@+]23[CH-][N+]2(c2[c-]c(Oc4[c-]c5c(cc4)c4ccccc4n5-c4cc(C(C)(C)C)ccn4)cc(C(C)(C)C)c2)c2cc(C(C)(C)C)ccc23)c1.[Pt]. The Kier molecular flexibility index (Phi) is 11.0. The Morgan fingerprint density at radius 1 is 0.576 bits per heavy atom. The van der Waals surface area contributed by atoms with E-state index >= 15 is 0 Å². The van der Waals surface area contributed by atoms with Gasteiger partial charge in [0.1, 0.15) is 5.82 Å². The second-order valence-corrected chi connectivity index (χ2v) is 22.2. The Labute approximate surface area is 407 Å². The minimum atomic E-state index is -0.162. The molecule has 0 amide bonds. The third-order valence-corrected chi connectivity index (χ3v) is 13.9. The van der Waals surface area contributed by atoms with E-state index in [0.717, 1.165) is 33.3 Å². The molecule has 340 valence electrons. The van der Waals surface area contributed by atoms with Crippen LogP contribution in [0.1, 0.15) is 130 Å². The Balaban J connectivity index is 0.00000548. The van der Waals surface area contributed by atoms with Crippen molar-refractivity contribution in [2.45, 2.75) is 118 Å². The number of quaternary nitrogens is 2. The number of para-hydroxylation sites is 1. The number of nitrogens with zero attached hydrogens (tertiary/aromatic N) is 4. The fraction of sp³-hybridized carbons (Fsp3) is 0.300. The second kappa shape index (κ2) is 15.9. The normalized spacial score (nSPS) is 18.0. The fourth-order valence-corrected chi connectivity index (χ4v) is 10.2. The topological polar surface area (TPSA) is 27.1 Å². The molecule has 1 unspecified atom stereocenters. The van der Waals surface area contributed by atoms with Crippen molar-refractivity contribution >= 4 is 44.6 Å². The third kappa shape index (κ3) is 7.20. The van der Waals surface area contributed by atoms with E-state index in [1.54, 1.807) is 0 Å². The van der Waals surface area contributed by atoms with Crippen LogP contribution < -0.4 is 13.9 Å². The molecule has 1 saturated heterocycles. The maximum Gasteiger partial charge on any atom is 0.225 e. The first-order valence-corrected chi connectivity index (χ1v) is 23.5. The summed E-state index contributed by atoms with van der Waals surface area (Å²) in [4.78, 5) is 4.91. The van der Waals surface area contributed by atoms with Crippen molar-refractivity contribution in [1.82, 2.24) is 18.7 Å². The molecule has 1 fully saturated rings. The molecule has 6 heteroatoms. The summed E-state index contributed by atoms with van der Waals surface area (Å²) >= 11 is 0. The van der Waals surface area contributed by atoms with E-state index in [4.69, 9.17) is 9.72 Å². The molecular formula is C60H63N4OPt-. The average molecular weight is 1050 g/mol. The van der Waals surface area contributed by atoms with Crippen LogP contribution in [0.25, 0.3) is 38.8 Å². The van der Waals surface area contributed by atoms with E-state index in [-0.39, 0.29) is 37.3 Å². The van der Waals surface area contributed by atoms with Crippen LogP contribution in [0, 0.1) is 18.8 Å². The van der Waals surface area contributed by atoms with Crippen molar-refractivity contribution in [1.29, 1.82) is 0 Å². The summed E-state index contributed by atoms with van der Waals surface area (Å²) in [5.74, 6) is 2.97. The van der Waals surface area contributed by atoms with Crippen LogP contribution >= 0.6 is 0 Å². The van der Waals surface area contributed by atoms with E-state index < -0.39 is 0 Å². The summed E-state index contributed by atoms with van der Waals surface area (Å²) in [6.07, 6.45) is 1.92. The van der Waals surface area contributed by atoms with E-state index in [1.165, 1.54) is 56.0 Å². The van der Waals surface area contributed by atoms with Crippen molar-refractivity contribution in [2.24, 2.45) is 0 Å². The zero-order valence-electron chi connectivity index (χ0n) is 40.9. The Bertz CT molecular complexity index is 3170. The summed E-state index contributed by atoms with van der Waals surface area (Å²) < 4.78 is 10.3. The minimum absolute atomic E-state index is 0. The van der Waals surface area contributed by atoms with E-state index in [0.29, 0.717) is 32.5 Å². The van der Waals surface area contributed by atoms with Gasteiger partial charge in [0.2, 0.25) is 11.4 Å². The Hall–Kier alpha value is -5.32. The minimum Gasteiger partial charge on any atom is -0.509 e. The van der Waals surface area contributed by atoms with Gasteiger partial charge < -0.3 is 9.30 Å². The molecule has 0 bridgehead atoms. The van der Waals surface area contributed by atoms with Gasteiger partial charge in [-0.25, -0.2) is 9.58 Å². The Morgan fingerprint density at radius 3 is 1.92 bits per heavy atom. The number of fused-ring (bicyclic) bond motifs is 7. The summed E-state index contributed by atoms with van der Waals surface area (Å²) in [6, 6.07) is 52.5. The maximum absolute atomic E-state index is 6.99. The zero-order chi connectivity index (χ0) is 46.0. The van der Waals surface area contributed by atoms with E-state index in [1.807, 2.05) is 12.3 Å². The van der Waals surface area contributed by atoms with Crippen molar-refractivity contribution < 1.29 is 25.8 Å². The predicted molar refractivity (Wildman–Crippen MR) is 273 cm³/mol. The van der Waals surface area contributed by atoms with Gasteiger partial charge in [-0.1, -0.05) is 156 Å². The summed E-state index contributed by atoms with van der Waals surface area (Å²) in [6.45, 7) is 32.2. The van der Waals surface area contributed by atoms with Crippen LogP contribution in [0.15, 0.2) is 128 Å². The van der Waals surface area contributed by atoms with Gasteiger partial charge in [0.05, 0.1) is 5.69 Å². The predicted octanol–water partition coefficient (Wildman–Crippen LogP) is 16.7. The van der Waals surface area contributed by atoms with Gasteiger partial charge in [-0.3, -0.25) is 0 Å². The third-order valence-electron chi connectivity index (χ3n) is 13.9. The van der Waals surface area contributed by atoms with Gasteiger partial charge in [0.15, 0.2) is 12.4 Å². The number of benzene rings is 6. The molecule has 0 spiro atoms. The molecule has 8 aromatic rings. The fourth-order valence-electron chi connectivity index (χ4n) is 10.2. The van der Waals surface area contributed by atoms with Gasteiger partial charge in [-0.15, -0.1) is 35.2 Å². The molecule has 0 aliphatic carbocycles. The van der Waals surface area contributed by atoms with E-state index in [9.17, 15) is 0 Å².